The van der Waals surface area contributed by atoms with Crippen molar-refractivity contribution >= 4 is 29.2 Å². The second-order valence-corrected chi connectivity index (χ2v) is 3.46. The van der Waals surface area contributed by atoms with Crippen molar-refractivity contribution in [1.29, 1.82) is 0 Å². The van der Waals surface area contributed by atoms with Crippen LogP contribution in [-0.2, 0) is 4.74 Å². The normalized spacial score (nSPS) is 10.5. The van der Waals surface area contributed by atoms with Gasteiger partial charge in [0.2, 0.25) is 0 Å². The maximum Gasteiger partial charge on any atom is 0.356 e. The van der Waals surface area contributed by atoms with E-state index >= 15 is 0 Å². The van der Waals surface area contributed by atoms with E-state index in [1.54, 1.807) is 0 Å². The molecule has 0 bridgehead atoms. The minimum atomic E-state index is -1.25. The van der Waals surface area contributed by atoms with Crippen LogP contribution in [0.25, 0.3) is 5.65 Å². The van der Waals surface area contributed by atoms with E-state index < -0.39 is 11.9 Å². The third-order valence-corrected chi connectivity index (χ3v) is 2.31. The number of carbonyl (C=O) groups excluding carboxylic acids is 1. The van der Waals surface area contributed by atoms with Gasteiger partial charge in [-0.25, -0.2) is 19.1 Å². The maximum absolute atomic E-state index is 11.3. The fourth-order valence-corrected chi connectivity index (χ4v) is 1.46. The molecule has 2 aromatic heterocycles. The predicted octanol–water partition coefficient (Wildman–Crippen LogP) is 0.867. The third kappa shape index (κ3) is 1.80. The molecular formula is C9H6ClN3O4. The van der Waals surface area contributed by atoms with E-state index in [1.165, 1.54) is 13.3 Å². The van der Waals surface area contributed by atoms with Crippen molar-refractivity contribution in [3.05, 3.63) is 28.7 Å². The van der Waals surface area contributed by atoms with Crippen molar-refractivity contribution in [2.24, 2.45) is 0 Å². The van der Waals surface area contributed by atoms with Gasteiger partial charge in [0, 0.05) is 6.07 Å². The van der Waals surface area contributed by atoms with Crippen LogP contribution in [-0.4, -0.2) is 38.8 Å². The second-order valence-electron chi connectivity index (χ2n) is 3.05. The van der Waals surface area contributed by atoms with Crippen LogP contribution in [0.3, 0.4) is 0 Å². The number of carboxylic acids is 1. The van der Waals surface area contributed by atoms with Gasteiger partial charge in [-0.15, -0.1) is 0 Å². The number of methoxy groups -OCH3 is 1. The Bertz CT molecular complexity index is 622. The van der Waals surface area contributed by atoms with Crippen LogP contribution in [0.2, 0.25) is 5.02 Å². The van der Waals surface area contributed by atoms with Gasteiger partial charge in [0.05, 0.1) is 13.3 Å². The van der Waals surface area contributed by atoms with Gasteiger partial charge in [-0.3, -0.25) is 0 Å². The van der Waals surface area contributed by atoms with Gasteiger partial charge in [0.1, 0.15) is 5.02 Å². The minimum absolute atomic E-state index is 0.0898. The SMILES string of the molecule is COC(=O)c1cc(C(=O)O)n2ncc(Cl)c2n1. The Balaban J connectivity index is 2.78. The molecule has 0 saturated carbocycles. The van der Waals surface area contributed by atoms with Crippen molar-refractivity contribution in [3.8, 4) is 0 Å². The van der Waals surface area contributed by atoms with Gasteiger partial charge in [-0.1, -0.05) is 11.6 Å². The first-order valence-corrected chi connectivity index (χ1v) is 4.78. The van der Waals surface area contributed by atoms with Gasteiger partial charge < -0.3 is 9.84 Å². The molecule has 0 aliphatic carbocycles. The lowest BCUT2D eigenvalue weighted by Crippen LogP contribution is -2.13. The zero-order chi connectivity index (χ0) is 12.6. The molecule has 2 rings (SSSR count). The van der Waals surface area contributed by atoms with E-state index in [0.717, 1.165) is 10.6 Å². The first-order chi connectivity index (χ1) is 8.04. The highest BCUT2D eigenvalue weighted by Gasteiger charge is 2.18. The van der Waals surface area contributed by atoms with Crippen molar-refractivity contribution in [1.82, 2.24) is 14.6 Å². The van der Waals surface area contributed by atoms with Crippen LogP contribution in [0.5, 0.6) is 0 Å². The van der Waals surface area contributed by atoms with Gasteiger partial charge >= 0.3 is 11.9 Å². The molecule has 0 amide bonds. The average Bonchev–Trinajstić information content (AvgIpc) is 2.69. The van der Waals surface area contributed by atoms with E-state index in [1.807, 2.05) is 0 Å². The standard InChI is InChI=1S/C9H6ClN3O4/c1-17-9(16)5-2-6(8(14)15)13-7(12-5)4(10)3-11-13/h2-3H,1H3,(H,14,15). The maximum atomic E-state index is 11.3. The topological polar surface area (TPSA) is 93.8 Å². The molecule has 0 fully saturated rings. The number of nitrogens with zero attached hydrogens (tertiary/aromatic N) is 3. The summed E-state index contributed by atoms with van der Waals surface area (Å²) in [5.74, 6) is -1.99. The molecule has 0 radical (unpaired) electrons. The van der Waals surface area contributed by atoms with Crippen LogP contribution >= 0.6 is 11.6 Å². The zero-order valence-electron chi connectivity index (χ0n) is 8.55. The monoisotopic (exact) mass is 255 g/mol. The molecule has 0 atom stereocenters. The first-order valence-electron chi connectivity index (χ1n) is 4.40. The van der Waals surface area contributed by atoms with E-state index in [4.69, 9.17) is 16.7 Å². The summed E-state index contributed by atoms with van der Waals surface area (Å²) in [7, 11) is 1.17. The number of ether oxygens (including phenoxy) is 1. The van der Waals surface area contributed by atoms with Gasteiger partial charge in [0.25, 0.3) is 0 Å². The first kappa shape index (κ1) is 11.3. The molecule has 0 spiro atoms. The molecule has 0 aliphatic rings. The summed E-state index contributed by atoms with van der Waals surface area (Å²) in [5, 5.41) is 12.9. The third-order valence-electron chi connectivity index (χ3n) is 2.04. The lowest BCUT2D eigenvalue weighted by Gasteiger charge is -2.03. The van der Waals surface area contributed by atoms with Crippen molar-refractivity contribution in [2.45, 2.75) is 0 Å². The Kier molecular flexibility index (Phi) is 2.68. The van der Waals surface area contributed by atoms with Gasteiger partial charge in [0.15, 0.2) is 17.0 Å². The summed E-state index contributed by atoms with van der Waals surface area (Å²) in [5.41, 5.74) is -0.269. The van der Waals surface area contributed by atoms with Crippen LogP contribution in [0.15, 0.2) is 12.3 Å². The Hall–Kier alpha value is -2.15. The molecule has 2 heterocycles. The summed E-state index contributed by atoms with van der Waals surface area (Å²) >= 11 is 5.78. The number of esters is 1. The lowest BCUT2D eigenvalue weighted by atomic mass is 10.3. The van der Waals surface area contributed by atoms with Crippen molar-refractivity contribution in [3.63, 3.8) is 0 Å². The quantitative estimate of drug-likeness (QED) is 0.800. The van der Waals surface area contributed by atoms with Crippen molar-refractivity contribution < 1.29 is 19.4 Å². The van der Waals surface area contributed by atoms with Crippen LogP contribution in [0.4, 0.5) is 0 Å². The molecule has 0 aromatic carbocycles. The number of aromatic carboxylic acids is 1. The zero-order valence-corrected chi connectivity index (χ0v) is 9.30. The molecule has 0 unspecified atom stereocenters. The number of carbonyl (C=O) groups is 2. The number of aromatic nitrogens is 3. The lowest BCUT2D eigenvalue weighted by molar-refractivity contribution is 0.0594. The Morgan fingerprint density at radius 3 is 2.82 bits per heavy atom. The van der Waals surface area contributed by atoms with E-state index in [9.17, 15) is 9.59 Å². The number of carboxylic acid groups (broad SMARTS) is 1. The van der Waals surface area contributed by atoms with E-state index in [-0.39, 0.29) is 22.1 Å². The molecule has 17 heavy (non-hydrogen) atoms. The summed E-state index contributed by atoms with van der Waals surface area (Å²) in [6, 6.07) is 1.07. The summed E-state index contributed by atoms with van der Waals surface area (Å²) in [6.07, 6.45) is 1.25. The molecule has 0 aliphatic heterocycles. The predicted molar refractivity (Wildman–Crippen MR) is 56.3 cm³/mol. The van der Waals surface area contributed by atoms with Gasteiger partial charge in [-0.05, 0) is 0 Å². The molecule has 0 saturated heterocycles. The molecule has 1 N–H and O–H groups in total. The highest BCUT2D eigenvalue weighted by molar-refractivity contribution is 6.33. The Morgan fingerprint density at radius 2 is 2.24 bits per heavy atom. The smallest absolute Gasteiger partial charge is 0.356 e. The van der Waals surface area contributed by atoms with Crippen molar-refractivity contribution in [2.75, 3.05) is 7.11 Å². The number of hydrogen-bond acceptors (Lipinski definition) is 5. The van der Waals surface area contributed by atoms with Crippen LogP contribution in [0.1, 0.15) is 21.0 Å². The van der Waals surface area contributed by atoms with Crippen LogP contribution < -0.4 is 0 Å². The molecular weight excluding hydrogens is 250 g/mol. The van der Waals surface area contributed by atoms with E-state index in [2.05, 4.69) is 14.8 Å². The molecule has 88 valence electrons. The molecule has 7 nitrogen and oxygen atoms in total. The number of rotatable bonds is 2. The molecule has 2 aromatic rings. The largest absolute Gasteiger partial charge is 0.477 e. The number of fused-ring (bicyclic) bond motifs is 1. The summed E-state index contributed by atoms with van der Waals surface area (Å²) < 4.78 is 5.51. The number of hydrogen-bond donors (Lipinski definition) is 1. The van der Waals surface area contributed by atoms with E-state index in [0.29, 0.717) is 0 Å². The summed E-state index contributed by atoms with van der Waals surface area (Å²) in [4.78, 5) is 26.2. The fraction of sp³-hybridized carbons (Fsp3) is 0.111. The summed E-state index contributed by atoms with van der Waals surface area (Å²) in [6.45, 7) is 0. The minimum Gasteiger partial charge on any atom is -0.477 e. The van der Waals surface area contributed by atoms with Gasteiger partial charge in [-0.2, -0.15) is 5.10 Å². The second kappa shape index (κ2) is 4.02. The highest BCUT2D eigenvalue weighted by atomic mass is 35.5. The molecule has 8 heteroatoms. The Morgan fingerprint density at radius 1 is 1.53 bits per heavy atom. The van der Waals surface area contributed by atoms with Crippen LogP contribution in [0, 0.1) is 0 Å². The number of halogens is 1. The fourth-order valence-electron chi connectivity index (χ4n) is 1.30. The Labute approximate surface area is 99.6 Å². The highest BCUT2D eigenvalue weighted by Crippen LogP contribution is 2.17. The average molecular weight is 256 g/mol.